The highest BCUT2D eigenvalue weighted by molar-refractivity contribution is 5.98. The van der Waals surface area contributed by atoms with Gasteiger partial charge in [0.1, 0.15) is 30.2 Å². The zero-order valence-electron chi connectivity index (χ0n) is 34.9. The van der Waals surface area contributed by atoms with Crippen LogP contribution in [0.2, 0.25) is 0 Å². The van der Waals surface area contributed by atoms with E-state index < -0.39 is 65.8 Å². The Morgan fingerprint density at radius 2 is 1.37 bits per heavy atom. The van der Waals surface area contributed by atoms with Crippen molar-refractivity contribution in [2.24, 2.45) is 11.8 Å². The monoisotopic (exact) mass is 825 g/mol. The first kappa shape index (κ1) is 48.3. The van der Waals surface area contributed by atoms with Crippen LogP contribution in [0, 0.1) is 11.8 Å². The van der Waals surface area contributed by atoms with Crippen LogP contribution in [-0.4, -0.2) is 123 Å². The van der Waals surface area contributed by atoms with E-state index >= 15 is 0 Å². The topological polar surface area (TPSA) is 241 Å². The first-order chi connectivity index (χ1) is 28.2. The third-order valence-electron chi connectivity index (χ3n) is 11.5. The standard InChI is InChI=1S/C41H63N7O8.CO2/c1-5-20-43-39(54)36(28(4)49)46-38(53)33-15-11-24-47(33)40(55)27(3)44-37(52)32-14-9-10-23-48(32)41(56)31(16-17-34(50)30-18-21-42-22-19-30)45-35(51)25-26(2)29-12-7-6-8-13-29;2-1-3/h18-19,21-22,26-29,31-33,36,49H,5-17,20,23-25H2,1-4H3,(H,43,54)(H,44,52)(H,45,51)(H,46,53);/t26-,27-,28+,31-,32-,33-,36-;/m0./s1. The fraction of sp³-hybridized carbons (Fsp3) is 0.690. The van der Waals surface area contributed by atoms with Crippen molar-refractivity contribution in [3.05, 3.63) is 30.1 Å². The third-order valence-corrected chi connectivity index (χ3v) is 11.5. The van der Waals surface area contributed by atoms with Gasteiger partial charge >= 0.3 is 6.15 Å². The summed E-state index contributed by atoms with van der Waals surface area (Å²) in [5, 5.41) is 21.2. The molecule has 0 radical (unpaired) electrons. The van der Waals surface area contributed by atoms with E-state index in [9.17, 15) is 38.7 Å². The highest BCUT2D eigenvalue weighted by atomic mass is 16.3. The van der Waals surface area contributed by atoms with Crippen LogP contribution in [0.15, 0.2) is 24.5 Å². The minimum Gasteiger partial charge on any atom is -0.391 e. The predicted molar refractivity (Wildman–Crippen MR) is 214 cm³/mol. The lowest BCUT2D eigenvalue weighted by Gasteiger charge is -2.38. The van der Waals surface area contributed by atoms with E-state index in [4.69, 9.17) is 9.59 Å². The number of aliphatic hydroxyl groups is 1. The van der Waals surface area contributed by atoms with Gasteiger partial charge in [-0.15, -0.1) is 0 Å². The summed E-state index contributed by atoms with van der Waals surface area (Å²) in [4.78, 5) is 117. The van der Waals surface area contributed by atoms with Crippen molar-refractivity contribution >= 4 is 47.4 Å². The van der Waals surface area contributed by atoms with Crippen molar-refractivity contribution in [3.63, 3.8) is 0 Å². The molecular weight excluding hydrogens is 763 g/mol. The molecule has 0 bridgehead atoms. The summed E-state index contributed by atoms with van der Waals surface area (Å²) in [7, 11) is 0. The molecule has 3 aliphatic rings. The Hall–Kier alpha value is -5.02. The molecule has 7 atom stereocenters. The second-order valence-electron chi connectivity index (χ2n) is 16.0. The van der Waals surface area contributed by atoms with Gasteiger partial charge in [0.25, 0.3) is 0 Å². The zero-order chi connectivity index (χ0) is 43.5. The minimum absolute atomic E-state index is 0.00106. The highest BCUT2D eigenvalue weighted by Gasteiger charge is 2.41. The summed E-state index contributed by atoms with van der Waals surface area (Å²) < 4.78 is 0. The van der Waals surface area contributed by atoms with Crippen LogP contribution < -0.4 is 21.3 Å². The highest BCUT2D eigenvalue weighted by Crippen LogP contribution is 2.31. The number of Topliss-reactive ketones (excluding diaryl/α,β-unsaturated/α-hetero) is 1. The van der Waals surface area contributed by atoms with Gasteiger partial charge in [-0.25, -0.2) is 0 Å². The summed E-state index contributed by atoms with van der Waals surface area (Å²) in [6.45, 7) is 7.81. The second-order valence-corrected chi connectivity index (χ2v) is 16.0. The molecule has 1 saturated carbocycles. The van der Waals surface area contributed by atoms with Crippen molar-refractivity contribution < 1.29 is 48.3 Å². The molecule has 1 aromatic heterocycles. The predicted octanol–water partition coefficient (Wildman–Crippen LogP) is 1.82. The normalized spacial score (nSPS) is 20.6. The molecule has 0 aromatic carbocycles. The van der Waals surface area contributed by atoms with Gasteiger partial charge in [-0.3, -0.25) is 38.5 Å². The molecule has 17 heteroatoms. The van der Waals surface area contributed by atoms with E-state index in [1.165, 1.54) is 42.5 Å². The second kappa shape index (κ2) is 24.8. The number of carbonyl (C=O) groups excluding carboxylic acids is 9. The van der Waals surface area contributed by atoms with Gasteiger partial charge in [-0.05, 0) is 82.8 Å². The number of likely N-dealkylation sites (tertiary alicyclic amines) is 2. The number of aliphatic hydroxyl groups excluding tert-OH is 1. The Labute approximate surface area is 346 Å². The van der Waals surface area contributed by atoms with E-state index in [1.54, 1.807) is 12.1 Å². The molecule has 1 aromatic rings. The molecule has 0 spiro atoms. The molecule has 2 aliphatic heterocycles. The lowest BCUT2D eigenvalue weighted by atomic mass is 9.79. The van der Waals surface area contributed by atoms with Crippen LogP contribution in [0.4, 0.5) is 0 Å². The van der Waals surface area contributed by atoms with Crippen molar-refractivity contribution in [3.8, 4) is 0 Å². The summed E-state index contributed by atoms with van der Waals surface area (Å²) >= 11 is 0. The molecule has 5 N–H and O–H groups in total. The van der Waals surface area contributed by atoms with Crippen molar-refractivity contribution in [1.82, 2.24) is 36.1 Å². The van der Waals surface area contributed by atoms with E-state index in [0.29, 0.717) is 56.6 Å². The molecule has 1 aliphatic carbocycles. The summed E-state index contributed by atoms with van der Waals surface area (Å²) in [5.74, 6) is -2.41. The SMILES string of the molecule is CCCNC(=O)[C@@H](NC(=O)[C@@H]1CCCN1C(=O)[C@H](C)NC(=O)[C@@H]1CCCCN1C(=O)[C@H](CCC(=O)c1ccncc1)NC(=O)C[C@H](C)C1CCCCC1)[C@@H](C)O.O=C=O. The lowest BCUT2D eigenvalue weighted by Crippen LogP contribution is -2.60. The van der Waals surface area contributed by atoms with Gasteiger partial charge in [-0.1, -0.05) is 46.0 Å². The van der Waals surface area contributed by atoms with Crippen LogP contribution >= 0.6 is 0 Å². The zero-order valence-corrected chi connectivity index (χ0v) is 34.9. The Bertz CT molecular complexity index is 1610. The Morgan fingerprint density at radius 1 is 0.797 bits per heavy atom. The van der Waals surface area contributed by atoms with Crippen LogP contribution in [0.3, 0.4) is 0 Å². The summed E-state index contributed by atoms with van der Waals surface area (Å²) in [6.07, 6.45) is 11.3. The number of hydrogen-bond donors (Lipinski definition) is 5. The maximum absolute atomic E-state index is 14.3. The number of aromatic nitrogens is 1. The van der Waals surface area contributed by atoms with Gasteiger partial charge < -0.3 is 36.2 Å². The molecule has 59 heavy (non-hydrogen) atoms. The fourth-order valence-electron chi connectivity index (χ4n) is 8.23. The Morgan fingerprint density at radius 3 is 2.00 bits per heavy atom. The Balaban J connectivity index is 0.00000300. The molecule has 326 valence electrons. The summed E-state index contributed by atoms with van der Waals surface area (Å²) in [6, 6.07) is -1.85. The average Bonchev–Trinajstić information content (AvgIpc) is 3.73. The molecule has 3 fully saturated rings. The van der Waals surface area contributed by atoms with Crippen molar-refractivity contribution in [1.29, 1.82) is 0 Å². The van der Waals surface area contributed by atoms with Gasteiger partial charge in [0.05, 0.1) is 6.10 Å². The van der Waals surface area contributed by atoms with Gasteiger partial charge in [0.2, 0.25) is 35.4 Å². The number of rotatable bonds is 18. The fourth-order valence-corrected chi connectivity index (χ4v) is 8.23. The first-order valence-electron chi connectivity index (χ1n) is 21.1. The number of ketones is 1. The smallest absolute Gasteiger partial charge is 0.373 e. The van der Waals surface area contributed by atoms with Crippen LogP contribution in [0.5, 0.6) is 0 Å². The number of carbonyl (C=O) groups is 7. The molecule has 6 amide bonds. The average molecular weight is 826 g/mol. The number of nitrogens with zero attached hydrogens (tertiary/aromatic N) is 3. The largest absolute Gasteiger partial charge is 0.391 e. The van der Waals surface area contributed by atoms with Gasteiger partial charge in [0, 0.05) is 50.4 Å². The quantitative estimate of drug-likeness (QED) is 0.134. The van der Waals surface area contributed by atoms with Crippen LogP contribution in [0.1, 0.15) is 128 Å². The molecule has 4 rings (SSSR count). The van der Waals surface area contributed by atoms with Crippen LogP contribution in [0.25, 0.3) is 0 Å². The maximum Gasteiger partial charge on any atom is 0.373 e. The number of amides is 6. The van der Waals surface area contributed by atoms with E-state index in [-0.39, 0.29) is 56.1 Å². The molecule has 0 unspecified atom stereocenters. The third kappa shape index (κ3) is 14.6. The minimum atomic E-state index is -1.19. The Kier molecular flexibility index (Phi) is 20.3. The molecule has 2 saturated heterocycles. The van der Waals surface area contributed by atoms with Gasteiger partial charge in [0.15, 0.2) is 5.78 Å². The molecular formula is C42H63N7O10. The number of pyridine rings is 1. The number of nitrogens with one attached hydrogen (secondary N) is 4. The van der Waals surface area contributed by atoms with Crippen LogP contribution in [-0.2, 0) is 38.4 Å². The number of piperidine rings is 1. The van der Waals surface area contributed by atoms with E-state index in [0.717, 1.165) is 25.7 Å². The van der Waals surface area contributed by atoms with E-state index in [1.807, 2.05) is 6.92 Å². The lowest BCUT2D eigenvalue weighted by molar-refractivity contribution is -0.191. The summed E-state index contributed by atoms with van der Waals surface area (Å²) in [5.41, 5.74) is 0.454. The number of hydrogen-bond acceptors (Lipinski definition) is 11. The van der Waals surface area contributed by atoms with Crippen molar-refractivity contribution in [2.75, 3.05) is 19.6 Å². The first-order valence-corrected chi connectivity index (χ1v) is 21.1. The van der Waals surface area contributed by atoms with Gasteiger partial charge in [-0.2, -0.15) is 9.59 Å². The van der Waals surface area contributed by atoms with E-state index in [2.05, 4.69) is 33.2 Å². The maximum atomic E-state index is 14.3. The van der Waals surface area contributed by atoms with Crippen molar-refractivity contribution in [2.45, 2.75) is 154 Å². The molecule has 3 heterocycles. The molecule has 17 nitrogen and oxygen atoms in total.